The van der Waals surface area contributed by atoms with Gasteiger partial charge in [0.1, 0.15) is 5.82 Å². The molecule has 0 bridgehead atoms. The van der Waals surface area contributed by atoms with Gasteiger partial charge in [-0.25, -0.2) is 4.98 Å². The fourth-order valence-electron chi connectivity index (χ4n) is 3.75. The Kier molecular flexibility index (Phi) is 8.23. The van der Waals surface area contributed by atoms with Crippen molar-refractivity contribution in [3.8, 4) is 11.3 Å². The van der Waals surface area contributed by atoms with Crippen molar-refractivity contribution < 1.29 is 5.11 Å². The van der Waals surface area contributed by atoms with Crippen molar-refractivity contribution in [1.29, 1.82) is 0 Å². The van der Waals surface area contributed by atoms with E-state index in [2.05, 4.69) is 40.5 Å². The molecule has 6 nitrogen and oxygen atoms in total. The zero-order valence-electron chi connectivity index (χ0n) is 17.8. The molecule has 29 heavy (non-hydrogen) atoms. The van der Waals surface area contributed by atoms with Gasteiger partial charge in [0.2, 0.25) is 5.95 Å². The summed E-state index contributed by atoms with van der Waals surface area (Å²) in [4.78, 5) is 14.0. The van der Waals surface area contributed by atoms with Gasteiger partial charge in [-0.3, -0.25) is 4.98 Å². The number of anilines is 2. The molecule has 0 aromatic carbocycles. The summed E-state index contributed by atoms with van der Waals surface area (Å²) < 4.78 is 0. The minimum absolute atomic E-state index is 0.205. The number of hydrogen-bond donors (Lipinski definition) is 3. The molecular formula is C23H35N5O. The lowest BCUT2D eigenvalue weighted by atomic mass is 9.87. The molecular weight excluding hydrogens is 362 g/mol. The van der Waals surface area contributed by atoms with Gasteiger partial charge in [0.25, 0.3) is 0 Å². The van der Waals surface area contributed by atoms with Crippen LogP contribution in [0.3, 0.4) is 0 Å². The van der Waals surface area contributed by atoms with Crippen LogP contribution in [0.25, 0.3) is 11.3 Å². The Labute approximate surface area is 174 Å². The molecule has 2 aromatic heterocycles. The maximum absolute atomic E-state index is 9.02. The highest BCUT2D eigenvalue weighted by atomic mass is 16.2. The van der Waals surface area contributed by atoms with Crippen molar-refractivity contribution >= 4 is 11.8 Å². The number of nitrogens with zero attached hydrogens (tertiary/aromatic N) is 3. The van der Waals surface area contributed by atoms with Crippen molar-refractivity contribution in [2.24, 2.45) is 5.92 Å². The molecule has 0 spiro atoms. The number of aromatic nitrogens is 3. The van der Waals surface area contributed by atoms with Crippen LogP contribution >= 0.6 is 0 Å². The maximum atomic E-state index is 9.02. The molecule has 1 saturated carbocycles. The van der Waals surface area contributed by atoms with Gasteiger partial charge in [0.15, 0.2) is 0 Å². The number of aliphatic hydroxyl groups is 1. The van der Waals surface area contributed by atoms with Crippen molar-refractivity contribution in [3.05, 3.63) is 30.1 Å². The van der Waals surface area contributed by atoms with E-state index in [1.54, 1.807) is 0 Å². The third kappa shape index (κ3) is 6.39. The number of unbranched alkanes of at least 4 members (excludes halogenated alkanes) is 1. The highest BCUT2D eigenvalue weighted by Crippen LogP contribution is 2.30. The van der Waals surface area contributed by atoms with E-state index in [1.807, 2.05) is 18.5 Å². The topological polar surface area (TPSA) is 83.0 Å². The van der Waals surface area contributed by atoms with Gasteiger partial charge in [0.05, 0.1) is 11.3 Å². The van der Waals surface area contributed by atoms with Gasteiger partial charge in [-0.05, 0) is 62.5 Å². The van der Waals surface area contributed by atoms with E-state index in [4.69, 9.17) is 10.1 Å². The normalized spacial score (nSPS) is 19.1. The molecule has 1 aliphatic rings. The first-order valence-corrected chi connectivity index (χ1v) is 11.1. The third-order valence-corrected chi connectivity index (χ3v) is 5.68. The first-order valence-electron chi connectivity index (χ1n) is 11.1. The van der Waals surface area contributed by atoms with E-state index in [9.17, 15) is 0 Å². The maximum Gasteiger partial charge on any atom is 0.224 e. The van der Waals surface area contributed by atoms with E-state index in [0.29, 0.717) is 12.0 Å². The van der Waals surface area contributed by atoms with Crippen LogP contribution in [0.4, 0.5) is 11.8 Å². The molecule has 2 aromatic rings. The molecule has 3 N–H and O–H groups in total. The van der Waals surface area contributed by atoms with E-state index >= 15 is 0 Å². The molecule has 158 valence electrons. The Morgan fingerprint density at radius 1 is 1.07 bits per heavy atom. The smallest absolute Gasteiger partial charge is 0.224 e. The Bertz CT molecular complexity index is 741. The molecule has 6 heteroatoms. The number of rotatable bonds is 10. The fourth-order valence-corrected chi connectivity index (χ4v) is 3.75. The largest absolute Gasteiger partial charge is 0.396 e. The SMILES string of the molecule is CCCCNc1ncc(-c2ccc(CCCO)cn2)c(N[C@H]2CC[C@H](C)CC2)n1. The lowest BCUT2D eigenvalue weighted by molar-refractivity contribution is 0.288. The number of pyridine rings is 1. The minimum atomic E-state index is 0.205. The second-order valence-electron chi connectivity index (χ2n) is 8.22. The van der Waals surface area contributed by atoms with Gasteiger partial charge >= 0.3 is 0 Å². The lowest BCUT2D eigenvalue weighted by Gasteiger charge is -2.28. The first kappa shape index (κ1) is 21.5. The van der Waals surface area contributed by atoms with Crippen LogP contribution in [0.15, 0.2) is 24.5 Å². The Morgan fingerprint density at radius 3 is 2.59 bits per heavy atom. The van der Waals surface area contributed by atoms with Crippen LogP contribution in [0, 0.1) is 5.92 Å². The molecule has 0 atom stereocenters. The average Bonchev–Trinajstić information content (AvgIpc) is 2.75. The van der Waals surface area contributed by atoms with Crippen LogP contribution < -0.4 is 10.6 Å². The Balaban J connectivity index is 1.80. The van der Waals surface area contributed by atoms with Gasteiger partial charge in [0, 0.05) is 31.6 Å². The van der Waals surface area contributed by atoms with Crippen molar-refractivity contribution in [2.45, 2.75) is 71.3 Å². The summed E-state index contributed by atoms with van der Waals surface area (Å²) in [6, 6.07) is 4.56. The standard InChI is InChI=1S/C23H35N5O/c1-3-4-13-24-23-26-16-20(21-12-9-18(15-25-21)6-5-14-29)22(28-23)27-19-10-7-17(2)8-11-19/h9,12,15-17,19,29H,3-8,10-11,13-14H2,1-2H3,(H2,24,26,27,28)/t17-,19-. The lowest BCUT2D eigenvalue weighted by Crippen LogP contribution is -2.26. The van der Waals surface area contributed by atoms with E-state index < -0.39 is 0 Å². The van der Waals surface area contributed by atoms with E-state index in [1.165, 1.54) is 25.7 Å². The van der Waals surface area contributed by atoms with Crippen LogP contribution in [0.2, 0.25) is 0 Å². The monoisotopic (exact) mass is 397 g/mol. The average molecular weight is 398 g/mol. The summed E-state index contributed by atoms with van der Waals surface area (Å²) in [5, 5.41) is 16.0. The molecule has 0 amide bonds. The number of hydrogen-bond acceptors (Lipinski definition) is 6. The van der Waals surface area contributed by atoms with Crippen LogP contribution in [-0.2, 0) is 6.42 Å². The molecule has 1 aliphatic carbocycles. The second kappa shape index (κ2) is 11.1. The second-order valence-corrected chi connectivity index (χ2v) is 8.22. The van der Waals surface area contributed by atoms with Crippen molar-refractivity contribution in [3.63, 3.8) is 0 Å². The Morgan fingerprint density at radius 2 is 1.90 bits per heavy atom. The summed E-state index contributed by atoms with van der Waals surface area (Å²) in [6.45, 7) is 5.60. The molecule has 2 heterocycles. The van der Waals surface area contributed by atoms with Gasteiger partial charge in [-0.2, -0.15) is 4.98 Å². The molecule has 3 rings (SSSR count). The molecule has 1 fully saturated rings. The Hall–Kier alpha value is -2.21. The van der Waals surface area contributed by atoms with Gasteiger partial charge < -0.3 is 15.7 Å². The summed E-state index contributed by atoms with van der Waals surface area (Å²) in [6.07, 6.45) is 12.5. The molecule has 0 unspecified atom stereocenters. The highest BCUT2D eigenvalue weighted by molar-refractivity contribution is 5.72. The third-order valence-electron chi connectivity index (χ3n) is 5.68. The van der Waals surface area contributed by atoms with E-state index in [-0.39, 0.29) is 6.61 Å². The predicted octanol–water partition coefficient (Wildman–Crippen LogP) is 4.67. The van der Waals surface area contributed by atoms with Crippen LogP contribution in [0.5, 0.6) is 0 Å². The van der Waals surface area contributed by atoms with Crippen LogP contribution in [-0.4, -0.2) is 39.3 Å². The van der Waals surface area contributed by atoms with Gasteiger partial charge in [-0.15, -0.1) is 0 Å². The van der Waals surface area contributed by atoms with Gasteiger partial charge in [-0.1, -0.05) is 26.3 Å². The zero-order chi connectivity index (χ0) is 20.5. The summed E-state index contributed by atoms with van der Waals surface area (Å²) >= 11 is 0. The summed E-state index contributed by atoms with van der Waals surface area (Å²) in [7, 11) is 0. The van der Waals surface area contributed by atoms with E-state index in [0.717, 1.165) is 60.8 Å². The highest BCUT2D eigenvalue weighted by Gasteiger charge is 2.20. The molecule has 0 saturated heterocycles. The van der Waals surface area contributed by atoms with Crippen molar-refractivity contribution in [1.82, 2.24) is 15.0 Å². The number of aliphatic hydroxyl groups excluding tert-OH is 1. The first-order chi connectivity index (χ1) is 14.2. The minimum Gasteiger partial charge on any atom is -0.396 e. The molecule has 0 aliphatic heterocycles. The molecule has 0 radical (unpaired) electrons. The predicted molar refractivity (Wildman–Crippen MR) is 119 cm³/mol. The van der Waals surface area contributed by atoms with Crippen LogP contribution in [0.1, 0.15) is 64.4 Å². The zero-order valence-corrected chi connectivity index (χ0v) is 17.8. The fraction of sp³-hybridized carbons (Fsp3) is 0.609. The summed E-state index contributed by atoms with van der Waals surface area (Å²) in [5.41, 5.74) is 2.96. The van der Waals surface area contributed by atoms with Crippen molar-refractivity contribution in [2.75, 3.05) is 23.8 Å². The number of aryl methyl sites for hydroxylation is 1. The number of nitrogens with one attached hydrogen (secondary N) is 2. The summed E-state index contributed by atoms with van der Waals surface area (Å²) in [5.74, 6) is 2.36. The quantitative estimate of drug-likeness (QED) is 0.506.